The molecule has 9 unspecified atom stereocenters. The van der Waals surface area contributed by atoms with E-state index in [9.17, 15) is 19.5 Å². The van der Waals surface area contributed by atoms with Gasteiger partial charge >= 0.3 is 6.09 Å². The summed E-state index contributed by atoms with van der Waals surface area (Å²) in [6.07, 6.45) is -2.27. The van der Waals surface area contributed by atoms with E-state index in [0.717, 1.165) is 17.3 Å². The molecule has 16 heteroatoms. The van der Waals surface area contributed by atoms with Gasteiger partial charge in [0.05, 0.1) is 55.1 Å². The smallest absolute Gasteiger partial charge is 0.411 e. The van der Waals surface area contributed by atoms with Crippen molar-refractivity contribution in [2.45, 2.75) is 120 Å². The molecule has 1 aromatic rings. The molecule has 326 valence electrons. The predicted molar refractivity (Wildman–Crippen MR) is 227 cm³/mol. The molecule has 0 saturated carbocycles. The number of aliphatic hydroxyl groups is 1. The third-order valence-electron chi connectivity index (χ3n) is 10.5. The predicted octanol–water partition coefficient (Wildman–Crippen LogP) is 4.58. The number of thioether (sulfide) groups is 2. The molecule has 0 bridgehead atoms. The Bertz CT molecular complexity index is 1880. The van der Waals surface area contributed by atoms with Crippen LogP contribution in [0.2, 0.25) is 0 Å². The molecule has 1 aromatic carbocycles. The van der Waals surface area contributed by atoms with Gasteiger partial charge in [0.15, 0.2) is 29.8 Å². The van der Waals surface area contributed by atoms with Crippen LogP contribution in [0.4, 0.5) is 4.79 Å². The lowest BCUT2D eigenvalue weighted by Crippen LogP contribution is -2.70. The fourth-order valence-electron chi connectivity index (χ4n) is 7.57. The van der Waals surface area contributed by atoms with E-state index < -0.39 is 66.0 Å². The van der Waals surface area contributed by atoms with E-state index in [4.69, 9.17) is 37.9 Å². The number of ether oxygens (including phenoxy) is 8. The molecule has 1 aliphatic carbocycles. The first kappa shape index (κ1) is 47.6. The fraction of sp³-hybridized carbons (Fsp3) is 0.568. The standard InChI is InChI=1S/C44H56N2O12S2/c1-9-10-11-12-16-19-34(37-30(20-21-60-28(5)47)32(48)22-33(49)38(37)46-43(50)52-7)56-42-39(57-36-23-35(51-6)31(24-53-36)45-26(2)3)40-44(59-8,27(4)55-42)25-54-41(58-40)29-17-14-13-15-18-29/h11-15,17-18,20,26-27,31-32,34-36,39-42,45,48H,21-25H2,1-8H3,(H,46,50)/b12-11-,30-20-/t27?,31?,32-,34-,35?,36?,39?,40?,41?,42?,44?/m0/s1. The summed E-state index contributed by atoms with van der Waals surface area (Å²) in [6, 6.07) is 9.68. The lowest BCUT2D eigenvalue weighted by atomic mass is 9.84. The maximum atomic E-state index is 13.7. The Morgan fingerprint density at radius 1 is 1.12 bits per heavy atom. The number of allylic oxidation sites excluding steroid dienone is 3. The summed E-state index contributed by atoms with van der Waals surface area (Å²) >= 11 is 2.54. The summed E-state index contributed by atoms with van der Waals surface area (Å²) in [4.78, 5) is 38.5. The Hall–Kier alpha value is -3.49. The maximum absolute atomic E-state index is 13.7. The van der Waals surface area contributed by atoms with Gasteiger partial charge in [0, 0.05) is 49.8 Å². The summed E-state index contributed by atoms with van der Waals surface area (Å²) < 4.78 is 50.3. The van der Waals surface area contributed by atoms with Gasteiger partial charge in [-0.2, -0.15) is 11.8 Å². The quantitative estimate of drug-likeness (QED) is 0.236. The number of rotatable bonds is 13. The number of benzene rings is 1. The average Bonchev–Trinajstić information content (AvgIpc) is 3.23. The summed E-state index contributed by atoms with van der Waals surface area (Å²) in [7, 11) is 2.82. The third kappa shape index (κ3) is 11.7. The molecule has 11 atom stereocenters. The minimum Gasteiger partial charge on any atom is -0.453 e. The van der Waals surface area contributed by atoms with Gasteiger partial charge in [-0.05, 0) is 37.8 Å². The first-order valence-electron chi connectivity index (χ1n) is 19.8. The third-order valence-corrected chi connectivity index (χ3v) is 12.7. The Morgan fingerprint density at radius 3 is 2.53 bits per heavy atom. The van der Waals surface area contributed by atoms with Crippen LogP contribution in [0, 0.1) is 23.7 Å². The van der Waals surface area contributed by atoms with Crippen LogP contribution in [0.25, 0.3) is 0 Å². The summed E-state index contributed by atoms with van der Waals surface area (Å²) in [5.41, 5.74) is 0.926. The van der Waals surface area contributed by atoms with Crippen LogP contribution in [0.3, 0.4) is 0 Å². The Morgan fingerprint density at radius 2 is 1.87 bits per heavy atom. The van der Waals surface area contributed by atoms with Crippen LogP contribution in [-0.2, 0) is 47.5 Å². The van der Waals surface area contributed by atoms with Gasteiger partial charge in [-0.3, -0.25) is 14.9 Å². The molecule has 4 aliphatic rings. The van der Waals surface area contributed by atoms with Crippen molar-refractivity contribution in [3.8, 4) is 23.7 Å². The highest BCUT2D eigenvalue weighted by Crippen LogP contribution is 2.49. The number of nitrogens with one attached hydrogen (secondary N) is 2. The number of methoxy groups -OCH3 is 2. The molecule has 3 fully saturated rings. The van der Waals surface area contributed by atoms with E-state index in [2.05, 4.69) is 48.2 Å². The second kappa shape index (κ2) is 22.6. The molecule has 3 heterocycles. The van der Waals surface area contributed by atoms with Gasteiger partial charge in [-0.1, -0.05) is 79.8 Å². The van der Waals surface area contributed by atoms with Gasteiger partial charge in [-0.15, -0.1) is 5.92 Å². The van der Waals surface area contributed by atoms with E-state index in [0.29, 0.717) is 13.0 Å². The van der Waals surface area contributed by atoms with Crippen LogP contribution >= 0.6 is 23.5 Å². The highest BCUT2D eigenvalue weighted by Gasteiger charge is 2.61. The Labute approximate surface area is 361 Å². The molecule has 1 amide bonds. The number of amides is 1. The second-order valence-electron chi connectivity index (χ2n) is 14.8. The lowest BCUT2D eigenvalue weighted by Gasteiger charge is -2.56. The minimum absolute atomic E-state index is 0.0681. The highest BCUT2D eigenvalue weighted by atomic mass is 32.2. The number of fused-ring (bicyclic) bond motifs is 1. The van der Waals surface area contributed by atoms with Crippen molar-refractivity contribution in [2.24, 2.45) is 0 Å². The Balaban J connectivity index is 1.65. The Kier molecular flexibility index (Phi) is 17.9. The monoisotopic (exact) mass is 868 g/mol. The number of Topliss-reactive ketones (excluding diaryl/α,β-unsaturated/α-hetero) is 1. The molecule has 0 spiro atoms. The molecular weight excluding hydrogens is 813 g/mol. The molecule has 0 aromatic heterocycles. The van der Waals surface area contributed by atoms with Gasteiger partial charge in [0.2, 0.25) is 0 Å². The molecule has 5 rings (SSSR count). The molecular formula is C44H56N2O12S2. The molecule has 14 nitrogen and oxygen atoms in total. The average molecular weight is 869 g/mol. The number of carbonyl (C=O) groups is 3. The number of hydrogen-bond donors (Lipinski definition) is 3. The van der Waals surface area contributed by atoms with Crippen molar-refractivity contribution in [3.05, 3.63) is 71.0 Å². The summed E-state index contributed by atoms with van der Waals surface area (Å²) in [6.45, 7) is 9.67. The van der Waals surface area contributed by atoms with Crippen molar-refractivity contribution >= 4 is 40.5 Å². The van der Waals surface area contributed by atoms with Gasteiger partial charge in [-0.25, -0.2) is 4.79 Å². The van der Waals surface area contributed by atoms with E-state index in [1.165, 1.54) is 31.9 Å². The second-order valence-corrected chi connectivity index (χ2v) is 17.1. The molecule has 0 radical (unpaired) electrons. The molecule has 3 saturated heterocycles. The van der Waals surface area contributed by atoms with E-state index in [1.807, 2.05) is 43.5 Å². The van der Waals surface area contributed by atoms with Crippen molar-refractivity contribution in [1.82, 2.24) is 10.6 Å². The first-order chi connectivity index (χ1) is 28.8. The normalized spacial score (nSPS) is 31.8. The number of aliphatic hydroxyl groups excluding tert-OH is 1. The molecule has 60 heavy (non-hydrogen) atoms. The topological polar surface area (TPSA) is 169 Å². The molecule has 3 N–H and O–H groups in total. The van der Waals surface area contributed by atoms with Crippen molar-refractivity contribution < 1.29 is 57.4 Å². The van der Waals surface area contributed by atoms with Crippen molar-refractivity contribution in [3.63, 3.8) is 0 Å². The van der Waals surface area contributed by atoms with Crippen LogP contribution in [0.1, 0.15) is 59.3 Å². The summed E-state index contributed by atoms with van der Waals surface area (Å²) in [5.74, 6) is 11.2. The van der Waals surface area contributed by atoms with Gasteiger partial charge < -0.3 is 48.3 Å². The zero-order valence-corrected chi connectivity index (χ0v) is 36.9. The fourth-order valence-corrected chi connectivity index (χ4v) is 9.06. The largest absolute Gasteiger partial charge is 0.453 e. The van der Waals surface area contributed by atoms with Crippen molar-refractivity contribution in [2.75, 3.05) is 39.4 Å². The SMILES string of the molecule is CC#C/C=C\C#C[C@H](OC1OC(C)C2(SC)COC(c3ccccc3)OC2C1OC1CC(OC)C(NC(C)C)CO1)C1=C(NC(=O)OC)C(=O)C[C@H](O)/C1=C/CSC(C)=O. The van der Waals surface area contributed by atoms with E-state index >= 15 is 0 Å². The lowest BCUT2D eigenvalue weighted by molar-refractivity contribution is -0.367. The number of alkyl carbamates (subject to hydrolysis) is 1. The molecule has 3 aliphatic heterocycles. The first-order valence-corrected chi connectivity index (χ1v) is 22.0. The van der Waals surface area contributed by atoms with Crippen LogP contribution in [0.15, 0.2) is 65.4 Å². The van der Waals surface area contributed by atoms with Crippen molar-refractivity contribution in [1.29, 1.82) is 0 Å². The number of hydrogen-bond acceptors (Lipinski definition) is 15. The van der Waals surface area contributed by atoms with Crippen LogP contribution in [-0.4, -0.2) is 128 Å². The van der Waals surface area contributed by atoms with Crippen LogP contribution < -0.4 is 10.6 Å². The minimum atomic E-state index is -1.35. The zero-order valence-electron chi connectivity index (χ0n) is 35.3. The summed E-state index contributed by atoms with van der Waals surface area (Å²) in [5, 5.41) is 17.3. The number of carbonyl (C=O) groups excluding carboxylic acids is 3. The zero-order chi connectivity index (χ0) is 43.4. The highest BCUT2D eigenvalue weighted by molar-refractivity contribution is 8.13. The van der Waals surface area contributed by atoms with E-state index in [1.54, 1.807) is 26.2 Å². The van der Waals surface area contributed by atoms with E-state index in [-0.39, 0.29) is 58.9 Å². The van der Waals surface area contributed by atoms with Crippen LogP contribution in [0.5, 0.6) is 0 Å². The number of ketones is 1. The van der Waals surface area contributed by atoms with Gasteiger partial charge in [0.1, 0.15) is 18.3 Å². The van der Waals surface area contributed by atoms with Gasteiger partial charge in [0.25, 0.3) is 0 Å². The maximum Gasteiger partial charge on any atom is 0.411 e.